The zero-order valence-corrected chi connectivity index (χ0v) is 24.7. The third kappa shape index (κ3) is 19.1. The number of phosphoric ester groups is 1. The van der Waals surface area contributed by atoms with Crippen molar-refractivity contribution in [3.8, 4) is 0 Å². The lowest BCUT2D eigenvalue weighted by Crippen LogP contribution is -2.45. The lowest BCUT2D eigenvalue weighted by Gasteiger charge is -2.37. The summed E-state index contributed by atoms with van der Waals surface area (Å²) in [4.78, 5) is 12.2. The Morgan fingerprint density at radius 3 is 1.75 bits per heavy atom. The zero-order valence-electron chi connectivity index (χ0n) is 23.8. The number of likely N-dealkylation sites (N-methyl/N-ethyl adjacent to an activating group) is 1. The van der Waals surface area contributed by atoms with Gasteiger partial charge in [-0.3, -0.25) is 4.57 Å². The van der Waals surface area contributed by atoms with Crippen molar-refractivity contribution in [2.75, 3.05) is 74.1 Å². The van der Waals surface area contributed by atoms with Crippen molar-refractivity contribution in [1.29, 1.82) is 0 Å². The maximum absolute atomic E-state index is 12.2. The van der Waals surface area contributed by atoms with E-state index >= 15 is 0 Å². The molecule has 0 aliphatic carbocycles. The third-order valence-electron chi connectivity index (χ3n) is 6.57. The molecule has 1 atom stereocenters. The summed E-state index contributed by atoms with van der Waals surface area (Å²) < 4.78 is 39.8. The molecule has 0 radical (unpaired) electrons. The van der Waals surface area contributed by atoms with Gasteiger partial charge in [0.05, 0.1) is 53.0 Å². The highest BCUT2D eigenvalue weighted by molar-refractivity contribution is 7.45. The number of nitrogens with zero attached hydrogens (tertiary/aromatic N) is 1. The highest BCUT2D eigenvalue weighted by Gasteiger charge is 2.36. The molecule has 0 spiro atoms. The van der Waals surface area contributed by atoms with Gasteiger partial charge < -0.3 is 32.6 Å². The van der Waals surface area contributed by atoms with Gasteiger partial charge in [-0.2, -0.15) is 0 Å². The fraction of sp³-hybridized carbons (Fsp3) is 1.00. The van der Waals surface area contributed by atoms with E-state index in [0.717, 1.165) is 12.8 Å². The molecule has 1 aliphatic rings. The summed E-state index contributed by atoms with van der Waals surface area (Å²) in [5.41, 5.74) is -0.641. The number of hydrogen-bond donors (Lipinski definition) is 0. The molecule has 9 heteroatoms. The van der Waals surface area contributed by atoms with E-state index in [-0.39, 0.29) is 20.0 Å². The number of phosphoric acid groups is 1. The Morgan fingerprint density at radius 2 is 1.25 bits per heavy atom. The minimum Gasteiger partial charge on any atom is -0.756 e. The number of hydrogen-bond acceptors (Lipinski definition) is 7. The second-order valence-electron chi connectivity index (χ2n) is 11.5. The van der Waals surface area contributed by atoms with Crippen molar-refractivity contribution in [3.63, 3.8) is 0 Å². The zero-order chi connectivity index (χ0) is 26.6. The first-order valence-electron chi connectivity index (χ1n) is 14.3. The molecule has 1 saturated heterocycles. The van der Waals surface area contributed by atoms with Crippen LogP contribution in [0.4, 0.5) is 0 Å². The Balaban J connectivity index is 2.09. The van der Waals surface area contributed by atoms with Crippen LogP contribution in [-0.4, -0.2) is 78.6 Å². The highest BCUT2D eigenvalue weighted by Crippen LogP contribution is 2.41. The smallest absolute Gasteiger partial charge is 0.268 e. The summed E-state index contributed by atoms with van der Waals surface area (Å²) in [6.07, 6.45) is 18.5. The average molecular weight is 538 g/mol. The minimum absolute atomic E-state index is 0.0725. The van der Waals surface area contributed by atoms with Crippen molar-refractivity contribution in [2.24, 2.45) is 5.41 Å². The second kappa shape index (κ2) is 19.9. The third-order valence-corrected chi connectivity index (χ3v) is 7.52. The summed E-state index contributed by atoms with van der Waals surface area (Å²) in [6, 6.07) is 0. The van der Waals surface area contributed by atoms with Gasteiger partial charge in [-0.1, -0.05) is 90.4 Å². The molecule has 0 aromatic heterocycles. The van der Waals surface area contributed by atoms with Gasteiger partial charge in [0.25, 0.3) is 7.82 Å². The van der Waals surface area contributed by atoms with E-state index in [1.807, 2.05) is 21.1 Å². The van der Waals surface area contributed by atoms with Crippen LogP contribution >= 0.6 is 7.82 Å². The molecule has 1 fully saturated rings. The number of quaternary nitrogens is 1. The molecule has 0 amide bonds. The van der Waals surface area contributed by atoms with Crippen LogP contribution < -0.4 is 4.89 Å². The normalized spacial score (nSPS) is 17.8. The van der Waals surface area contributed by atoms with Gasteiger partial charge >= 0.3 is 0 Å². The Bertz CT molecular complexity index is 565. The summed E-state index contributed by atoms with van der Waals surface area (Å²) in [6.45, 7) is 4.71. The Hall–Kier alpha value is -0.0500. The maximum atomic E-state index is 12.2. The summed E-state index contributed by atoms with van der Waals surface area (Å²) in [5.74, 6) is 0. The van der Waals surface area contributed by atoms with Crippen LogP contribution in [0.5, 0.6) is 0 Å². The number of unbranched alkanes of at least 4 members (excludes halogenated alkanes) is 13. The lowest BCUT2D eigenvalue weighted by atomic mass is 9.92. The highest BCUT2D eigenvalue weighted by atomic mass is 31.2. The van der Waals surface area contributed by atoms with Crippen LogP contribution in [0.25, 0.3) is 0 Å². The molecule has 1 aliphatic heterocycles. The van der Waals surface area contributed by atoms with Crippen molar-refractivity contribution in [3.05, 3.63) is 0 Å². The lowest BCUT2D eigenvalue weighted by molar-refractivity contribution is -0.870. The van der Waals surface area contributed by atoms with Crippen LogP contribution in [0.1, 0.15) is 96.8 Å². The van der Waals surface area contributed by atoms with Crippen molar-refractivity contribution >= 4 is 7.82 Å². The number of rotatable bonds is 24. The SMILES string of the molecule is CCCCCCCCCCCCCCCCOCC1(COP(=O)([O-])OCC[N+](C)(C)C)COCOC1. The predicted octanol–water partition coefficient (Wildman–Crippen LogP) is 5.68. The van der Waals surface area contributed by atoms with E-state index in [0.29, 0.717) is 37.5 Å². The van der Waals surface area contributed by atoms with E-state index in [1.54, 1.807) is 0 Å². The Kier molecular flexibility index (Phi) is 18.8. The molecule has 0 N–H and O–H groups in total. The molecule has 1 rings (SSSR count). The van der Waals surface area contributed by atoms with Crippen molar-refractivity contribution in [2.45, 2.75) is 96.8 Å². The fourth-order valence-corrected chi connectivity index (χ4v) is 5.00. The quantitative estimate of drug-likeness (QED) is 0.0889. The monoisotopic (exact) mass is 537 g/mol. The standard InChI is InChI=1S/C27H56NO7P/c1-5-6-7-8-9-10-11-12-13-14-15-16-17-18-20-31-22-27(23-32-26-33-24-27)25-35-36(29,30)34-21-19-28(2,3)4/h5-26H2,1-4H3. The van der Waals surface area contributed by atoms with Crippen LogP contribution in [-0.2, 0) is 27.8 Å². The van der Waals surface area contributed by atoms with Gasteiger partial charge in [0.15, 0.2) is 0 Å². The van der Waals surface area contributed by atoms with E-state index in [2.05, 4.69) is 6.92 Å². The predicted molar refractivity (Wildman–Crippen MR) is 143 cm³/mol. The first-order chi connectivity index (χ1) is 17.2. The van der Waals surface area contributed by atoms with Crippen molar-refractivity contribution in [1.82, 2.24) is 0 Å². The Morgan fingerprint density at radius 1 is 0.750 bits per heavy atom. The van der Waals surface area contributed by atoms with Crippen LogP contribution in [0, 0.1) is 5.41 Å². The van der Waals surface area contributed by atoms with E-state index in [1.165, 1.54) is 77.0 Å². The largest absolute Gasteiger partial charge is 0.756 e. The van der Waals surface area contributed by atoms with Crippen LogP contribution in [0.3, 0.4) is 0 Å². The molecular formula is C27H56NO7P. The molecular weight excluding hydrogens is 481 g/mol. The fourth-order valence-electron chi connectivity index (χ4n) is 4.19. The van der Waals surface area contributed by atoms with Gasteiger partial charge in [0.2, 0.25) is 0 Å². The average Bonchev–Trinajstić information content (AvgIpc) is 2.82. The molecule has 8 nitrogen and oxygen atoms in total. The van der Waals surface area contributed by atoms with E-state index in [4.69, 9.17) is 23.3 Å². The first kappa shape index (κ1) is 34.0. The van der Waals surface area contributed by atoms with Crippen LogP contribution in [0.15, 0.2) is 0 Å². The van der Waals surface area contributed by atoms with Gasteiger partial charge in [-0.15, -0.1) is 0 Å². The number of ether oxygens (including phenoxy) is 3. The molecule has 216 valence electrons. The topological polar surface area (TPSA) is 86.3 Å². The Labute approximate surface area is 221 Å². The molecule has 0 bridgehead atoms. The van der Waals surface area contributed by atoms with Gasteiger partial charge in [0, 0.05) is 6.61 Å². The molecule has 1 unspecified atom stereocenters. The molecule has 0 aromatic carbocycles. The second-order valence-corrected chi connectivity index (χ2v) is 12.9. The van der Waals surface area contributed by atoms with E-state index in [9.17, 15) is 9.46 Å². The summed E-state index contributed by atoms with van der Waals surface area (Å²) in [7, 11) is 1.53. The summed E-state index contributed by atoms with van der Waals surface area (Å²) in [5, 5.41) is 0. The van der Waals surface area contributed by atoms with Crippen LogP contribution in [0.2, 0.25) is 0 Å². The first-order valence-corrected chi connectivity index (χ1v) is 15.8. The molecule has 36 heavy (non-hydrogen) atoms. The molecule has 1 heterocycles. The van der Waals surface area contributed by atoms with Gasteiger partial charge in [-0.25, -0.2) is 0 Å². The summed E-state index contributed by atoms with van der Waals surface area (Å²) >= 11 is 0. The minimum atomic E-state index is -4.39. The van der Waals surface area contributed by atoms with Gasteiger partial charge in [-0.05, 0) is 6.42 Å². The maximum Gasteiger partial charge on any atom is 0.268 e. The molecule has 0 aromatic rings. The van der Waals surface area contributed by atoms with E-state index < -0.39 is 13.2 Å². The van der Waals surface area contributed by atoms with Crippen molar-refractivity contribution < 1.29 is 37.2 Å². The van der Waals surface area contributed by atoms with Gasteiger partial charge in [0.1, 0.15) is 19.9 Å². The molecule has 0 saturated carbocycles.